The number of hydrogen-bond acceptors (Lipinski definition) is 2. The Labute approximate surface area is 78.8 Å². The van der Waals surface area contributed by atoms with Crippen molar-refractivity contribution >= 4 is 11.6 Å². The number of nitrogens with zero attached hydrogens (tertiary/aromatic N) is 2. The zero-order valence-corrected chi connectivity index (χ0v) is 7.22. The van der Waals surface area contributed by atoms with E-state index < -0.39 is 6.43 Å². The highest BCUT2D eigenvalue weighted by molar-refractivity contribution is 6.30. The van der Waals surface area contributed by atoms with Gasteiger partial charge in [0.15, 0.2) is 0 Å². The van der Waals surface area contributed by atoms with E-state index in [1.54, 1.807) is 0 Å². The van der Waals surface area contributed by atoms with Crippen molar-refractivity contribution < 1.29 is 8.78 Å². The summed E-state index contributed by atoms with van der Waals surface area (Å²) in [5.41, 5.74) is 0.0975. The molecule has 0 aliphatic heterocycles. The maximum Gasteiger partial charge on any atom is 0.266 e. The van der Waals surface area contributed by atoms with Crippen molar-refractivity contribution in [2.24, 2.45) is 0 Å². The van der Waals surface area contributed by atoms with Crippen LogP contribution in [0.2, 0.25) is 5.15 Å². The van der Waals surface area contributed by atoms with Crippen LogP contribution in [0.15, 0.2) is 12.1 Å². The van der Waals surface area contributed by atoms with E-state index in [2.05, 4.69) is 4.98 Å². The lowest BCUT2D eigenvalue weighted by Gasteiger charge is -2.02. The summed E-state index contributed by atoms with van der Waals surface area (Å²) in [6.45, 7) is 0. The standard InChI is InChI=1S/C8H5ClF2N2/c9-7-6(8(10)11)2-1-5(13-7)3-4-12/h1-2,8H,3H2. The third-order valence-corrected chi connectivity index (χ3v) is 1.73. The van der Waals surface area contributed by atoms with Crippen LogP contribution >= 0.6 is 11.6 Å². The van der Waals surface area contributed by atoms with Gasteiger partial charge >= 0.3 is 0 Å². The maximum atomic E-state index is 12.2. The Balaban J connectivity index is 3.00. The first-order valence-corrected chi connectivity index (χ1v) is 3.83. The molecule has 0 unspecified atom stereocenters. The molecule has 0 aliphatic rings. The van der Waals surface area contributed by atoms with Crippen LogP contribution in [-0.4, -0.2) is 4.98 Å². The molecule has 2 nitrogen and oxygen atoms in total. The van der Waals surface area contributed by atoms with Crippen molar-refractivity contribution in [2.45, 2.75) is 12.8 Å². The summed E-state index contributed by atoms with van der Waals surface area (Å²) >= 11 is 5.46. The summed E-state index contributed by atoms with van der Waals surface area (Å²) < 4.78 is 24.3. The summed E-state index contributed by atoms with van der Waals surface area (Å²) in [6.07, 6.45) is -2.56. The SMILES string of the molecule is N#CCc1ccc(C(F)F)c(Cl)n1. The lowest BCUT2D eigenvalue weighted by Crippen LogP contribution is -1.93. The van der Waals surface area contributed by atoms with Gasteiger partial charge in [0.2, 0.25) is 0 Å². The smallest absolute Gasteiger partial charge is 0.240 e. The highest BCUT2D eigenvalue weighted by atomic mass is 35.5. The third-order valence-electron chi connectivity index (χ3n) is 1.43. The van der Waals surface area contributed by atoms with Gasteiger partial charge < -0.3 is 0 Å². The molecule has 1 aromatic heterocycles. The van der Waals surface area contributed by atoms with E-state index in [1.807, 2.05) is 6.07 Å². The van der Waals surface area contributed by atoms with Gasteiger partial charge in [0.05, 0.1) is 23.7 Å². The molecule has 1 aromatic rings. The third kappa shape index (κ3) is 2.36. The predicted octanol–water partition coefficient (Wildman–Crippen LogP) is 2.74. The Morgan fingerprint density at radius 2 is 2.23 bits per heavy atom. The number of alkyl halides is 2. The molecular weight excluding hydrogens is 198 g/mol. The van der Waals surface area contributed by atoms with Gasteiger partial charge in [-0.1, -0.05) is 11.6 Å². The van der Waals surface area contributed by atoms with Gasteiger partial charge in [0, 0.05) is 0 Å². The molecule has 0 fully saturated rings. The Morgan fingerprint density at radius 3 is 2.69 bits per heavy atom. The highest BCUT2D eigenvalue weighted by Gasteiger charge is 2.12. The lowest BCUT2D eigenvalue weighted by molar-refractivity contribution is 0.151. The van der Waals surface area contributed by atoms with Crippen LogP contribution in [0.3, 0.4) is 0 Å². The minimum atomic E-state index is -2.63. The molecule has 0 atom stereocenters. The maximum absolute atomic E-state index is 12.2. The van der Waals surface area contributed by atoms with Crippen LogP contribution in [-0.2, 0) is 6.42 Å². The summed E-state index contributed by atoms with van der Waals surface area (Å²) in [4.78, 5) is 3.65. The Kier molecular flexibility index (Phi) is 3.15. The molecule has 13 heavy (non-hydrogen) atoms. The van der Waals surface area contributed by atoms with Gasteiger partial charge in [0.25, 0.3) is 6.43 Å². The Hall–Kier alpha value is -1.21. The van der Waals surface area contributed by atoms with Gasteiger partial charge in [0.1, 0.15) is 5.15 Å². The first kappa shape index (κ1) is 9.87. The summed E-state index contributed by atoms with van der Waals surface area (Å²) in [5.74, 6) is 0. The Bertz CT molecular complexity index is 346. The second-order valence-corrected chi connectivity index (χ2v) is 2.68. The first-order valence-electron chi connectivity index (χ1n) is 3.45. The van der Waals surface area contributed by atoms with Crippen molar-refractivity contribution in [3.63, 3.8) is 0 Å². The van der Waals surface area contributed by atoms with E-state index in [9.17, 15) is 8.78 Å². The minimum Gasteiger partial charge on any atom is -0.240 e. The number of hydrogen-bond donors (Lipinski definition) is 0. The molecule has 0 saturated heterocycles. The molecule has 0 N–H and O–H groups in total. The fourth-order valence-corrected chi connectivity index (χ4v) is 1.08. The number of pyridine rings is 1. The minimum absolute atomic E-state index is 0.0727. The van der Waals surface area contributed by atoms with Gasteiger partial charge in [-0.05, 0) is 12.1 Å². The zero-order valence-electron chi connectivity index (χ0n) is 6.47. The number of rotatable bonds is 2. The molecular formula is C8H5ClF2N2. The van der Waals surface area contributed by atoms with E-state index in [1.165, 1.54) is 12.1 Å². The van der Waals surface area contributed by atoms with E-state index >= 15 is 0 Å². The molecule has 0 radical (unpaired) electrons. The topological polar surface area (TPSA) is 36.7 Å². The zero-order chi connectivity index (χ0) is 9.84. The van der Waals surface area contributed by atoms with E-state index in [0.717, 1.165) is 0 Å². The quantitative estimate of drug-likeness (QED) is 0.692. The van der Waals surface area contributed by atoms with Crippen LogP contribution in [0.4, 0.5) is 8.78 Å². The summed E-state index contributed by atoms with van der Waals surface area (Å²) in [7, 11) is 0. The number of aromatic nitrogens is 1. The molecule has 0 saturated carbocycles. The van der Waals surface area contributed by atoms with Crippen molar-refractivity contribution in [3.8, 4) is 6.07 Å². The first-order chi connectivity index (χ1) is 6.15. The van der Waals surface area contributed by atoms with Crippen molar-refractivity contribution in [1.29, 1.82) is 5.26 Å². The van der Waals surface area contributed by atoms with Gasteiger partial charge in [-0.3, -0.25) is 0 Å². The monoisotopic (exact) mass is 202 g/mol. The fourth-order valence-electron chi connectivity index (χ4n) is 0.825. The van der Waals surface area contributed by atoms with Crippen molar-refractivity contribution in [1.82, 2.24) is 4.98 Å². The average molecular weight is 203 g/mol. The van der Waals surface area contributed by atoms with Gasteiger partial charge in [-0.25, -0.2) is 13.8 Å². The molecule has 68 valence electrons. The van der Waals surface area contributed by atoms with Crippen LogP contribution in [0.5, 0.6) is 0 Å². The largest absolute Gasteiger partial charge is 0.266 e. The van der Waals surface area contributed by atoms with Crippen molar-refractivity contribution in [2.75, 3.05) is 0 Å². The predicted molar refractivity (Wildman–Crippen MR) is 43.5 cm³/mol. The molecule has 0 amide bonds. The second kappa shape index (κ2) is 4.15. The van der Waals surface area contributed by atoms with E-state index in [-0.39, 0.29) is 17.1 Å². The van der Waals surface area contributed by atoms with Crippen molar-refractivity contribution in [3.05, 3.63) is 28.5 Å². The van der Waals surface area contributed by atoms with E-state index in [0.29, 0.717) is 5.69 Å². The average Bonchev–Trinajstić information content (AvgIpc) is 2.04. The van der Waals surface area contributed by atoms with Gasteiger partial charge in [-0.15, -0.1) is 0 Å². The Morgan fingerprint density at radius 1 is 1.54 bits per heavy atom. The van der Waals surface area contributed by atoms with Crippen LogP contribution in [0.1, 0.15) is 17.7 Å². The molecule has 0 aromatic carbocycles. The normalized spacial score (nSPS) is 10.1. The van der Waals surface area contributed by atoms with Crippen LogP contribution in [0, 0.1) is 11.3 Å². The molecule has 5 heteroatoms. The lowest BCUT2D eigenvalue weighted by atomic mass is 10.2. The van der Waals surface area contributed by atoms with Gasteiger partial charge in [-0.2, -0.15) is 5.26 Å². The van der Waals surface area contributed by atoms with E-state index in [4.69, 9.17) is 16.9 Å². The molecule has 0 aliphatic carbocycles. The number of halogens is 3. The summed E-state index contributed by atoms with van der Waals surface area (Å²) in [6, 6.07) is 4.41. The summed E-state index contributed by atoms with van der Waals surface area (Å²) in [5, 5.41) is 8.07. The molecule has 0 bridgehead atoms. The molecule has 1 heterocycles. The number of nitriles is 1. The molecule has 1 rings (SSSR count). The molecule has 0 spiro atoms. The van der Waals surface area contributed by atoms with Crippen LogP contribution < -0.4 is 0 Å². The van der Waals surface area contributed by atoms with Crippen LogP contribution in [0.25, 0.3) is 0 Å². The second-order valence-electron chi connectivity index (χ2n) is 2.32. The fraction of sp³-hybridized carbons (Fsp3) is 0.250. The highest BCUT2D eigenvalue weighted by Crippen LogP contribution is 2.25.